The van der Waals surface area contributed by atoms with E-state index in [9.17, 15) is 4.79 Å². The minimum atomic E-state index is -1.43. The van der Waals surface area contributed by atoms with E-state index in [2.05, 4.69) is 29.3 Å². The van der Waals surface area contributed by atoms with Crippen molar-refractivity contribution in [3.8, 4) is 0 Å². The zero-order valence-electron chi connectivity index (χ0n) is 9.05. The van der Waals surface area contributed by atoms with Gasteiger partial charge in [-0.25, -0.2) is 4.37 Å². The molecule has 14 heavy (non-hydrogen) atoms. The third-order valence-electron chi connectivity index (χ3n) is 1.92. The van der Waals surface area contributed by atoms with Crippen LogP contribution in [0.2, 0.25) is 19.6 Å². The number of nitrogens with zero attached hydrogens (tertiary/aromatic N) is 1. The van der Waals surface area contributed by atoms with Crippen LogP contribution in [0.3, 0.4) is 0 Å². The van der Waals surface area contributed by atoms with Crippen LogP contribution in [0.15, 0.2) is 6.20 Å². The van der Waals surface area contributed by atoms with Crippen molar-refractivity contribution in [3.05, 3.63) is 11.1 Å². The molecule has 78 valence electrons. The summed E-state index contributed by atoms with van der Waals surface area (Å²) in [6.45, 7) is 9.26. The molecule has 0 aliphatic heterocycles. The minimum Gasteiger partial charge on any atom is -0.352 e. The molecule has 5 heteroatoms. The number of carbonyl (C=O) groups is 1. The van der Waals surface area contributed by atoms with Crippen LogP contribution in [0.5, 0.6) is 0 Å². The maximum Gasteiger partial charge on any atom is 0.262 e. The standard InChI is InChI=1S/C9H16N2OSSi/c1-5-10-9(12)8-7(6-11-13-8)14(2,3)4/h6H,5H2,1-4H3,(H,10,12). The number of rotatable bonds is 3. The van der Waals surface area contributed by atoms with E-state index in [-0.39, 0.29) is 5.91 Å². The summed E-state index contributed by atoms with van der Waals surface area (Å²) >= 11 is 1.30. The molecule has 0 bridgehead atoms. The minimum absolute atomic E-state index is 0.0208. The molecule has 0 unspecified atom stereocenters. The first-order chi connectivity index (χ1) is 6.46. The summed E-state index contributed by atoms with van der Waals surface area (Å²) in [7, 11) is -1.43. The van der Waals surface area contributed by atoms with Gasteiger partial charge in [0.05, 0.1) is 8.07 Å². The summed E-state index contributed by atoms with van der Waals surface area (Å²) in [5, 5.41) is 3.97. The van der Waals surface area contributed by atoms with Gasteiger partial charge in [-0.3, -0.25) is 4.79 Å². The predicted molar refractivity (Wildman–Crippen MR) is 63.1 cm³/mol. The number of carbonyl (C=O) groups excluding carboxylic acids is 1. The van der Waals surface area contributed by atoms with Crippen LogP contribution in [0.4, 0.5) is 0 Å². The summed E-state index contributed by atoms with van der Waals surface area (Å²) in [6, 6.07) is 0. The van der Waals surface area contributed by atoms with Gasteiger partial charge in [0.25, 0.3) is 5.91 Å². The SMILES string of the molecule is CCNC(=O)c1sncc1[Si](C)(C)C. The second kappa shape index (κ2) is 4.23. The Labute approximate surface area is 89.7 Å². The van der Waals surface area contributed by atoms with Crippen molar-refractivity contribution in [3.63, 3.8) is 0 Å². The van der Waals surface area contributed by atoms with E-state index >= 15 is 0 Å². The third kappa shape index (κ3) is 2.42. The molecule has 0 fully saturated rings. The van der Waals surface area contributed by atoms with E-state index in [4.69, 9.17) is 0 Å². The predicted octanol–water partition coefficient (Wildman–Crippen LogP) is 1.44. The lowest BCUT2D eigenvalue weighted by Crippen LogP contribution is -2.41. The fraction of sp³-hybridized carbons (Fsp3) is 0.556. The Morgan fingerprint density at radius 1 is 1.57 bits per heavy atom. The molecule has 0 saturated carbocycles. The van der Waals surface area contributed by atoms with Crippen LogP contribution in [-0.4, -0.2) is 24.9 Å². The Balaban J connectivity index is 2.99. The Bertz CT molecular complexity index is 330. The summed E-state index contributed by atoms with van der Waals surface area (Å²) in [5.74, 6) is 0.0208. The molecule has 3 nitrogen and oxygen atoms in total. The molecule has 0 atom stereocenters. The maximum atomic E-state index is 11.7. The smallest absolute Gasteiger partial charge is 0.262 e. The normalized spacial score (nSPS) is 11.4. The average Bonchev–Trinajstić information content (AvgIpc) is 2.50. The first kappa shape index (κ1) is 11.4. The van der Waals surface area contributed by atoms with Crippen LogP contribution in [0.1, 0.15) is 16.6 Å². The Morgan fingerprint density at radius 2 is 2.21 bits per heavy atom. The fourth-order valence-electron chi connectivity index (χ4n) is 1.18. The first-order valence-electron chi connectivity index (χ1n) is 4.70. The van der Waals surface area contributed by atoms with Gasteiger partial charge in [-0.1, -0.05) is 19.6 Å². The quantitative estimate of drug-likeness (QED) is 0.795. The highest BCUT2D eigenvalue weighted by atomic mass is 32.1. The van der Waals surface area contributed by atoms with Gasteiger partial charge in [-0.15, -0.1) is 0 Å². The molecule has 0 aliphatic rings. The van der Waals surface area contributed by atoms with E-state index in [0.717, 1.165) is 10.1 Å². The lowest BCUT2D eigenvalue weighted by atomic mass is 10.4. The molecule has 1 amide bonds. The monoisotopic (exact) mass is 228 g/mol. The second-order valence-electron chi connectivity index (χ2n) is 4.18. The highest BCUT2D eigenvalue weighted by Crippen LogP contribution is 2.10. The van der Waals surface area contributed by atoms with E-state index in [1.807, 2.05) is 13.1 Å². The number of aromatic nitrogens is 1. The Hall–Kier alpha value is -0.683. The van der Waals surface area contributed by atoms with Crippen molar-refractivity contribution < 1.29 is 4.79 Å². The topological polar surface area (TPSA) is 42.0 Å². The first-order valence-corrected chi connectivity index (χ1v) is 8.97. The van der Waals surface area contributed by atoms with E-state index in [1.54, 1.807) is 0 Å². The summed E-state index contributed by atoms with van der Waals surface area (Å²) < 4.78 is 4.11. The highest BCUT2D eigenvalue weighted by molar-refractivity contribution is 7.11. The summed E-state index contributed by atoms with van der Waals surface area (Å²) in [6.07, 6.45) is 1.85. The van der Waals surface area contributed by atoms with Gasteiger partial charge in [0.2, 0.25) is 0 Å². The van der Waals surface area contributed by atoms with Gasteiger partial charge in [-0.2, -0.15) is 0 Å². The molecular weight excluding hydrogens is 212 g/mol. The maximum absolute atomic E-state index is 11.7. The molecule has 0 aliphatic carbocycles. The second-order valence-corrected chi connectivity index (χ2v) is 10.0. The number of hydrogen-bond acceptors (Lipinski definition) is 3. The molecule has 0 aromatic carbocycles. The highest BCUT2D eigenvalue weighted by Gasteiger charge is 2.25. The molecule has 1 N–H and O–H groups in total. The van der Waals surface area contributed by atoms with Gasteiger partial charge >= 0.3 is 0 Å². The van der Waals surface area contributed by atoms with Crippen molar-refractivity contribution in [2.75, 3.05) is 6.54 Å². The van der Waals surface area contributed by atoms with Crippen molar-refractivity contribution in [2.24, 2.45) is 0 Å². The van der Waals surface area contributed by atoms with Crippen molar-refractivity contribution in [1.29, 1.82) is 0 Å². The molecule has 0 saturated heterocycles. The zero-order valence-corrected chi connectivity index (χ0v) is 10.9. The van der Waals surface area contributed by atoms with Crippen LogP contribution in [-0.2, 0) is 0 Å². The molecule has 1 aromatic rings. The number of nitrogens with one attached hydrogen (secondary N) is 1. The number of amides is 1. The Morgan fingerprint density at radius 3 is 2.71 bits per heavy atom. The van der Waals surface area contributed by atoms with Gasteiger partial charge in [-0.05, 0) is 23.6 Å². The average molecular weight is 228 g/mol. The van der Waals surface area contributed by atoms with Crippen molar-refractivity contribution in [2.45, 2.75) is 26.6 Å². The van der Waals surface area contributed by atoms with Crippen molar-refractivity contribution >= 4 is 30.7 Å². The van der Waals surface area contributed by atoms with Gasteiger partial charge in [0.1, 0.15) is 4.88 Å². The zero-order chi connectivity index (χ0) is 10.8. The Kier molecular flexibility index (Phi) is 3.44. The van der Waals surface area contributed by atoms with Gasteiger partial charge in [0, 0.05) is 12.7 Å². The lowest BCUT2D eigenvalue weighted by molar-refractivity contribution is 0.0961. The molecule has 0 radical (unpaired) electrons. The van der Waals surface area contributed by atoms with E-state index < -0.39 is 8.07 Å². The molecule has 1 heterocycles. The van der Waals surface area contributed by atoms with Crippen LogP contribution >= 0.6 is 11.5 Å². The van der Waals surface area contributed by atoms with E-state index in [0.29, 0.717) is 6.54 Å². The van der Waals surface area contributed by atoms with Crippen LogP contribution < -0.4 is 10.5 Å². The fourth-order valence-corrected chi connectivity index (χ4v) is 4.14. The molecular formula is C9H16N2OSSi. The largest absolute Gasteiger partial charge is 0.352 e. The third-order valence-corrected chi connectivity index (χ3v) is 4.90. The van der Waals surface area contributed by atoms with Gasteiger partial charge < -0.3 is 5.32 Å². The van der Waals surface area contributed by atoms with Gasteiger partial charge in [0.15, 0.2) is 0 Å². The van der Waals surface area contributed by atoms with Crippen LogP contribution in [0, 0.1) is 0 Å². The molecule has 1 rings (SSSR count). The van der Waals surface area contributed by atoms with Crippen molar-refractivity contribution in [1.82, 2.24) is 9.69 Å². The lowest BCUT2D eigenvalue weighted by Gasteiger charge is -2.15. The number of hydrogen-bond donors (Lipinski definition) is 1. The molecule has 0 spiro atoms. The molecule has 1 aromatic heterocycles. The van der Waals surface area contributed by atoms with E-state index in [1.165, 1.54) is 11.5 Å². The summed E-state index contributed by atoms with van der Waals surface area (Å²) in [5.41, 5.74) is 0. The van der Waals surface area contributed by atoms with Crippen LogP contribution in [0.25, 0.3) is 0 Å². The summed E-state index contributed by atoms with van der Waals surface area (Å²) in [4.78, 5) is 12.5.